The summed E-state index contributed by atoms with van der Waals surface area (Å²) >= 11 is 0. The van der Waals surface area contributed by atoms with E-state index in [9.17, 15) is 0 Å². The van der Waals surface area contributed by atoms with Crippen molar-refractivity contribution in [1.29, 1.82) is 0 Å². The van der Waals surface area contributed by atoms with E-state index in [1.807, 2.05) is 0 Å². The third-order valence-electron chi connectivity index (χ3n) is 3.15. The van der Waals surface area contributed by atoms with Crippen molar-refractivity contribution in [1.82, 2.24) is 4.98 Å². The summed E-state index contributed by atoms with van der Waals surface area (Å²) in [5.41, 5.74) is 4.34. The quantitative estimate of drug-likeness (QED) is 0.626. The number of para-hydroxylation sites is 1. The first-order valence-electron chi connectivity index (χ1n) is 4.96. The van der Waals surface area contributed by atoms with Gasteiger partial charge in [0, 0.05) is 16.6 Å². The Balaban J connectivity index is 2.40. The van der Waals surface area contributed by atoms with Gasteiger partial charge in [0.15, 0.2) is 0 Å². The van der Waals surface area contributed by atoms with E-state index in [2.05, 4.69) is 36.2 Å². The first-order chi connectivity index (χ1) is 6.36. The van der Waals surface area contributed by atoms with E-state index in [0.29, 0.717) is 0 Å². The molecule has 0 fully saturated rings. The Bertz CT molecular complexity index is 453. The number of benzene rings is 1. The molecule has 1 atom stereocenters. The molecule has 1 aromatic carbocycles. The smallest absolute Gasteiger partial charge is 0.0459 e. The number of hydrogen-bond donors (Lipinski definition) is 1. The second kappa shape index (κ2) is 2.38. The Hall–Kier alpha value is -1.24. The number of aromatic amines is 1. The van der Waals surface area contributed by atoms with Gasteiger partial charge in [0.1, 0.15) is 0 Å². The van der Waals surface area contributed by atoms with E-state index in [4.69, 9.17) is 0 Å². The highest BCUT2D eigenvalue weighted by Gasteiger charge is 2.22. The van der Waals surface area contributed by atoms with Gasteiger partial charge in [-0.05, 0) is 30.4 Å². The molecular formula is C12H13N. The van der Waals surface area contributed by atoms with Crippen LogP contribution in [0.25, 0.3) is 10.9 Å². The second-order valence-corrected chi connectivity index (χ2v) is 4.00. The number of rotatable bonds is 0. The van der Waals surface area contributed by atoms with E-state index in [1.54, 1.807) is 5.56 Å². The van der Waals surface area contributed by atoms with Crippen LogP contribution < -0.4 is 0 Å². The summed E-state index contributed by atoms with van der Waals surface area (Å²) in [6, 6.07) is 8.62. The molecule has 1 nitrogen and oxygen atoms in total. The fraction of sp³-hybridized carbons (Fsp3) is 0.333. The fourth-order valence-corrected chi connectivity index (χ4v) is 2.48. The molecule has 66 valence electrons. The summed E-state index contributed by atoms with van der Waals surface area (Å²) in [5.74, 6) is 0.742. The normalized spacial score (nSPS) is 20.8. The van der Waals surface area contributed by atoms with Crippen LogP contribution in [0, 0.1) is 0 Å². The average molecular weight is 171 g/mol. The molecule has 2 aromatic rings. The minimum Gasteiger partial charge on any atom is -0.358 e. The van der Waals surface area contributed by atoms with E-state index >= 15 is 0 Å². The molecular weight excluding hydrogens is 158 g/mol. The molecule has 1 N–H and O–H groups in total. The molecule has 0 amide bonds. The summed E-state index contributed by atoms with van der Waals surface area (Å²) in [6.07, 6.45) is 2.54. The minimum absolute atomic E-state index is 0.742. The van der Waals surface area contributed by atoms with Crippen molar-refractivity contribution in [3.63, 3.8) is 0 Å². The molecule has 0 radical (unpaired) electrons. The maximum Gasteiger partial charge on any atom is 0.0459 e. The van der Waals surface area contributed by atoms with Crippen molar-refractivity contribution >= 4 is 10.9 Å². The number of fused-ring (bicyclic) bond motifs is 3. The molecule has 1 unspecified atom stereocenters. The number of H-pyrrole nitrogens is 1. The van der Waals surface area contributed by atoms with Crippen LogP contribution in [0.2, 0.25) is 0 Å². The summed E-state index contributed by atoms with van der Waals surface area (Å²) in [4.78, 5) is 3.51. The predicted octanol–water partition coefficient (Wildman–Crippen LogP) is 3.22. The Morgan fingerprint density at radius 2 is 2.15 bits per heavy atom. The summed E-state index contributed by atoms with van der Waals surface area (Å²) < 4.78 is 0. The molecule has 1 aliphatic carbocycles. The Morgan fingerprint density at radius 3 is 3.08 bits per heavy atom. The zero-order valence-electron chi connectivity index (χ0n) is 7.80. The molecule has 0 saturated heterocycles. The molecule has 3 rings (SSSR count). The number of hydrogen-bond acceptors (Lipinski definition) is 0. The average Bonchev–Trinajstić information content (AvgIpc) is 2.66. The minimum atomic E-state index is 0.742. The Morgan fingerprint density at radius 1 is 1.31 bits per heavy atom. The van der Waals surface area contributed by atoms with Crippen LogP contribution in [0.15, 0.2) is 24.3 Å². The molecule has 0 aliphatic heterocycles. The highest BCUT2D eigenvalue weighted by molar-refractivity contribution is 5.85. The number of aromatic nitrogens is 1. The van der Waals surface area contributed by atoms with Gasteiger partial charge in [0.2, 0.25) is 0 Å². The van der Waals surface area contributed by atoms with Crippen molar-refractivity contribution < 1.29 is 0 Å². The van der Waals surface area contributed by atoms with Gasteiger partial charge in [-0.25, -0.2) is 0 Å². The standard InChI is InChI=1S/C12H13N/c1-8-6-7-11-12(8)9-4-2-3-5-10(9)13-11/h2-5,8,13H,6-7H2,1H3. The number of aryl methyl sites for hydroxylation is 1. The predicted molar refractivity (Wildman–Crippen MR) is 55.0 cm³/mol. The van der Waals surface area contributed by atoms with Crippen LogP contribution in [0.4, 0.5) is 0 Å². The Labute approximate surface area is 77.8 Å². The van der Waals surface area contributed by atoms with Crippen molar-refractivity contribution in [3.05, 3.63) is 35.5 Å². The van der Waals surface area contributed by atoms with Gasteiger partial charge in [-0.1, -0.05) is 25.1 Å². The third kappa shape index (κ3) is 0.873. The molecule has 13 heavy (non-hydrogen) atoms. The van der Waals surface area contributed by atoms with E-state index < -0.39 is 0 Å². The lowest BCUT2D eigenvalue weighted by atomic mass is 10.0. The van der Waals surface area contributed by atoms with Crippen molar-refractivity contribution in [3.8, 4) is 0 Å². The van der Waals surface area contributed by atoms with Gasteiger partial charge in [0.05, 0.1) is 0 Å². The van der Waals surface area contributed by atoms with Gasteiger partial charge in [-0.3, -0.25) is 0 Å². The summed E-state index contributed by atoms with van der Waals surface area (Å²) in [5, 5.41) is 1.43. The lowest BCUT2D eigenvalue weighted by Crippen LogP contribution is -1.83. The molecule has 0 bridgehead atoms. The maximum atomic E-state index is 3.51. The van der Waals surface area contributed by atoms with Gasteiger partial charge >= 0.3 is 0 Å². The van der Waals surface area contributed by atoms with E-state index in [0.717, 1.165) is 5.92 Å². The topological polar surface area (TPSA) is 15.8 Å². The van der Waals surface area contributed by atoms with Gasteiger partial charge in [-0.15, -0.1) is 0 Å². The van der Waals surface area contributed by atoms with Gasteiger partial charge in [-0.2, -0.15) is 0 Å². The molecule has 1 heterocycles. The fourth-order valence-electron chi connectivity index (χ4n) is 2.48. The molecule has 1 heteroatoms. The van der Waals surface area contributed by atoms with E-state index in [-0.39, 0.29) is 0 Å². The van der Waals surface area contributed by atoms with Crippen molar-refractivity contribution in [2.75, 3.05) is 0 Å². The van der Waals surface area contributed by atoms with Crippen LogP contribution in [-0.2, 0) is 6.42 Å². The number of nitrogens with one attached hydrogen (secondary N) is 1. The van der Waals surface area contributed by atoms with Crippen molar-refractivity contribution in [2.24, 2.45) is 0 Å². The van der Waals surface area contributed by atoms with Crippen LogP contribution in [0.3, 0.4) is 0 Å². The Kier molecular flexibility index (Phi) is 1.32. The first-order valence-corrected chi connectivity index (χ1v) is 4.96. The lowest BCUT2D eigenvalue weighted by molar-refractivity contribution is 0.747. The summed E-state index contributed by atoms with van der Waals surface area (Å²) in [6.45, 7) is 2.33. The molecule has 0 spiro atoms. The highest BCUT2D eigenvalue weighted by Crippen LogP contribution is 2.37. The second-order valence-electron chi connectivity index (χ2n) is 4.00. The highest BCUT2D eigenvalue weighted by atomic mass is 14.7. The zero-order valence-corrected chi connectivity index (χ0v) is 7.80. The largest absolute Gasteiger partial charge is 0.358 e. The zero-order chi connectivity index (χ0) is 8.84. The molecule has 1 aromatic heterocycles. The van der Waals surface area contributed by atoms with Gasteiger partial charge < -0.3 is 4.98 Å². The SMILES string of the molecule is CC1CCc2[nH]c3ccccc3c21. The third-order valence-corrected chi connectivity index (χ3v) is 3.15. The first kappa shape index (κ1) is 7.19. The maximum absolute atomic E-state index is 3.51. The van der Waals surface area contributed by atoms with Crippen LogP contribution in [0.1, 0.15) is 30.5 Å². The van der Waals surface area contributed by atoms with E-state index in [1.165, 1.54) is 29.4 Å². The lowest BCUT2D eigenvalue weighted by Gasteiger charge is -2.01. The molecule has 0 saturated carbocycles. The molecule has 1 aliphatic rings. The monoisotopic (exact) mass is 171 g/mol. The van der Waals surface area contributed by atoms with Crippen LogP contribution in [0.5, 0.6) is 0 Å². The van der Waals surface area contributed by atoms with Gasteiger partial charge in [0.25, 0.3) is 0 Å². The van der Waals surface area contributed by atoms with Crippen LogP contribution >= 0.6 is 0 Å². The summed E-state index contributed by atoms with van der Waals surface area (Å²) in [7, 11) is 0. The van der Waals surface area contributed by atoms with Crippen molar-refractivity contribution in [2.45, 2.75) is 25.7 Å². The van der Waals surface area contributed by atoms with Crippen LogP contribution in [-0.4, -0.2) is 4.98 Å².